The zero-order chi connectivity index (χ0) is 9.56. The normalized spacial score (nSPS) is 11.4. The number of thiol groups is 1. The summed E-state index contributed by atoms with van der Waals surface area (Å²) in [5, 5.41) is 8.51. The van der Waals surface area contributed by atoms with Gasteiger partial charge in [0.1, 0.15) is 6.54 Å². The van der Waals surface area contributed by atoms with Crippen molar-refractivity contribution in [2.45, 2.75) is 13.3 Å². The molecule has 0 saturated carbocycles. The van der Waals surface area contributed by atoms with E-state index in [1.165, 1.54) is 0 Å². The van der Waals surface area contributed by atoms with Gasteiger partial charge < -0.3 is 10.0 Å². The quantitative estimate of drug-likeness (QED) is 0.639. The van der Waals surface area contributed by atoms with Crippen LogP contribution >= 0.6 is 12.6 Å². The number of carboxylic acids is 1. The molecule has 0 fully saturated rings. The highest BCUT2D eigenvalue weighted by Crippen LogP contribution is 2.06. The first-order valence-electron chi connectivity index (χ1n) is 3.80. The summed E-state index contributed by atoms with van der Waals surface area (Å²) in [6.45, 7) is 1.95. The van der Waals surface area contributed by atoms with Crippen molar-refractivity contribution in [2.75, 3.05) is 19.3 Å². The smallest absolute Gasteiger partial charge is 0.323 e. The molecule has 0 spiro atoms. The number of carbonyl (C=O) groups is 1. The van der Waals surface area contributed by atoms with Gasteiger partial charge in [0.15, 0.2) is 0 Å². The molecule has 0 bridgehead atoms. The third-order valence-electron chi connectivity index (χ3n) is 1.56. The summed E-state index contributed by atoms with van der Waals surface area (Å²) in [7, 11) is 1.77. The SMILES string of the molecule is C/C=C(/CCS)N(C)CC(=O)O. The lowest BCUT2D eigenvalue weighted by Gasteiger charge is -2.19. The van der Waals surface area contributed by atoms with Gasteiger partial charge in [-0.1, -0.05) is 6.08 Å². The molecule has 0 aromatic rings. The van der Waals surface area contributed by atoms with Gasteiger partial charge in [0.05, 0.1) is 0 Å². The monoisotopic (exact) mass is 189 g/mol. The summed E-state index contributed by atoms with van der Waals surface area (Å²) in [6.07, 6.45) is 2.72. The molecular formula is C8H15NO2S. The van der Waals surface area contributed by atoms with Gasteiger partial charge in [-0.05, 0) is 19.1 Å². The lowest BCUT2D eigenvalue weighted by atomic mass is 10.3. The summed E-state index contributed by atoms with van der Waals surface area (Å²) in [5.41, 5.74) is 1.02. The number of carboxylic acid groups (broad SMARTS) is 1. The Kier molecular flexibility index (Phi) is 5.62. The molecule has 4 heteroatoms. The van der Waals surface area contributed by atoms with Gasteiger partial charge in [-0.2, -0.15) is 12.6 Å². The van der Waals surface area contributed by atoms with E-state index in [1.54, 1.807) is 11.9 Å². The van der Waals surface area contributed by atoms with Crippen LogP contribution in [0, 0.1) is 0 Å². The minimum absolute atomic E-state index is 0.0491. The molecule has 0 aliphatic heterocycles. The largest absolute Gasteiger partial charge is 0.480 e. The fourth-order valence-corrected chi connectivity index (χ4v) is 1.20. The van der Waals surface area contributed by atoms with Crippen LogP contribution in [0.4, 0.5) is 0 Å². The van der Waals surface area contributed by atoms with Crippen LogP contribution in [0.5, 0.6) is 0 Å². The van der Waals surface area contributed by atoms with E-state index in [2.05, 4.69) is 12.6 Å². The number of hydrogen-bond donors (Lipinski definition) is 2. The van der Waals surface area contributed by atoms with Crippen molar-refractivity contribution in [3.05, 3.63) is 11.8 Å². The van der Waals surface area contributed by atoms with E-state index in [4.69, 9.17) is 5.11 Å². The van der Waals surface area contributed by atoms with Gasteiger partial charge in [0.2, 0.25) is 0 Å². The second-order valence-electron chi connectivity index (χ2n) is 2.50. The molecule has 0 rings (SSSR count). The summed E-state index contributed by atoms with van der Waals surface area (Å²) in [4.78, 5) is 12.1. The van der Waals surface area contributed by atoms with Crippen LogP contribution in [0.2, 0.25) is 0 Å². The van der Waals surface area contributed by atoms with Crippen molar-refractivity contribution < 1.29 is 9.90 Å². The lowest BCUT2D eigenvalue weighted by molar-refractivity contribution is -0.137. The Morgan fingerprint density at radius 3 is 2.58 bits per heavy atom. The van der Waals surface area contributed by atoms with Gasteiger partial charge in [0, 0.05) is 12.7 Å². The maximum absolute atomic E-state index is 10.3. The van der Waals surface area contributed by atoms with Gasteiger partial charge in [-0.15, -0.1) is 0 Å². The average Bonchev–Trinajstić information content (AvgIpc) is 1.98. The molecule has 0 saturated heterocycles. The van der Waals surface area contributed by atoms with Crippen LogP contribution in [-0.4, -0.2) is 35.3 Å². The van der Waals surface area contributed by atoms with Crippen molar-refractivity contribution in [1.29, 1.82) is 0 Å². The molecule has 0 radical (unpaired) electrons. The zero-order valence-corrected chi connectivity index (χ0v) is 8.34. The Hall–Kier alpha value is -0.640. The molecule has 0 aliphatic rings. The molecule has 0 atom stereocenters. The number of nitrogens with zero attached hydrogens (tertiary/aromatic N) is 1. The van der Waals surface area contributed by atoms with Crippen LogP contribution in [0.1, 0.15) is 13.3 Å². The van der Waals surface area contributed by atoms with Crippen LogP contribution in [0.15, 0.2) is 11.8 Å². The van der Waals surface area contributed by atoms with Gasteiger partial charge in [0.25, 0.3) is 0 Å². The van der Waals surface area contributed by atoms with Gasteiger partial charge in [-0.3, -0.25) is 4.79 Å². The lowest BCUT2D eigenvalue weighted by Crippen LogP contribution is -2.25. The third kappa shape index (κ3) is 4.28. The molecule has 1 N–H and O–H groups in total. The first-order chi connectivity index (χ1) is 5.61. The third-order valence-corrected chi connectivity index (χ3v) is 1.79. The summed E-state index contributed by atoms with van der Waals surface area (Å²) in [5.74, 6) is -0.0695. The second-order valence-corrected chi connectivity index (χ2v) is 2.95. The molecule has 0 aromatic heterocycles. The van der Waals surface area contributed by atoms with Crippen LogP contribution in [0.3, 0.4) is 0 Å². The molecule has 12 heavy (non-hydrogen) atoms. The Balaban J connectivity index is 4.03. The number of hydrogen-bond acceptors (Lipinski definition) is 3. The molecule has 0 aromatic carbocycles. The number of aliphatic carboxylic acids is 1. The second kappa shape index (κ2) is 5.94. The van der Waals surface area contributed by atoms with Crippen molar-refractivity contribution in [3.63, 3.8) is 0 Å². The number of rotatable bonds is 5. The predicted octanol–water partition coefficient (Wildman–Crippen LogP) is 1.23. The van der Waals surface area contributed by atoms with Crippen LogP contribution in [-0.2, 0) is 4.79 Å². The van der Waals surface area contributed by atoms with E-state index in [1.807, 2.05) is 13.0 Å². The Bertz CT molecular complexity index is 180. The van der Waals surface area contributed by atoms with Crippen molar-refractivity contribution >= 4 is 18.6 Å². The Morgan fingerprint density at radius 1 is 1.67 bits per heavy atom. The average molecular weight is 189 g/mol. The highest BCUT2D eigenvalue weighted by molar-refractivity contribution is 7.80. The predicted molar refractivity (Wildman–Crippen MR) is 52.5 cm³/mol. The fraction of sp³-hybridized carbons (Fsp3) is 0.625. The van der Waals surface area contributed by atoms with E-state index in [9.17, 15) is 4.79 Å². The molecule has 70 valence electrons. The maximum atomic E-state index is 10.3. The van der Waals surface area contributed by atoms with Crippen molar-refractivity contribution in [3.8, 4) is 0 Å². The number of allylic oxidation sites excluding steroid dienone is 2. The van der Waals surface area contributed by atoms with E-state index in [-0.39, 0.29) is 6.54 Å². The van der Waals surface area contributed by atoms with E-state index in [0.29, 0.717) is 0 Å². The van der Waals surface area contributed by atoms with Crippen molar-refractivity contribution in [1.82, 2.24) is 4.90 Å². The van der Waals surface area contributed by atoms with E-state index in [0.717, 1.165) is 17.9 Å². The Morgan fingerprint density at radius 2 is 2.25 bits per heavy atom. The fourth-order valence-electron chi connectivity index (χ4n) is 0.975. The molecule has 0 heterocycles. The first kappa shape index (κ1) is 11.4. The van der Waals surface area contributed by atoms with E-state index >= 15 is 0 Å². The minimum atomic E-state index is -0.809. The number of likely N-dealkylation sites (N-methyl/N-ethyl adjacent to an activating group) is 1. The van der Waals surface area contributed by atoms with E-state index < -0.39 is 5.97 Å². The molecule has 3 nitrogen and oxygen atoms in total. The maximum Gasteiger partial charge on any atom is 0.323 e. The molecule has 0 amide bonds. The summed E-state index contributed by atoms with van der Waals surface area (Å²) < 4.78 is 0. The first-order valence-corrected chi connectivity index (χ1v) is 4.44. The molecule has 0 aliphatic carbocycles. The highest BCUT2D eigenvalue weighted by Gasteiger charge is 2.06. The van der Waals surface area contributed by atoms with Crippen LogP contribution < -0.4 is 0 Å². The minimum Gasteiger partial charge on any atom is -0.480 e. The zero-order valence-electron chi connectivity index (χ0n) is 7.45. The van der Waals surface area contributed by atoms with Crippen molar-refractivity contribution in [2.24, 2.45) is 0 Å². The van der Waals surface area contributed by atoms with Gasteiger partial charge in [-0.25, -0.2) is 0 Å². The molecule has 0 unspecified atom stereocenters. The Labute approximate surface area is 78.5 Å². The summed E-state index contributed by atoms with van der Waals surface area (Å²) >= 11 is 4.08. The summed E-state index contributed by atoms with van der Waals surface area (Å²) in [6, 6.07) is 0. The molecular weight excluding hydrogens is 174 g/mol. The van der Waals surface area contributed by atoms with Gasteiger partial charge >= 0.3 is 5.97 Å². The standard InChI is InChI=1S/C8H15NO2S/c1-3-7(4-5-12)9(2)6-8(10)11/h3,12H,4-6H2,1-2H3,(H,10,11)/b7-3-. The highest BCUT2D eigenvalue weighted by atomic mass is 32.1. The van der Waals surface area contributed by atoms with Crippen LogP contribution in [0.25, 0.3) is 0 Å². The topological polar surface area (TPSA) is 40.5 Å².